The highest BCUT2D eigenvalue weighted by molar-refractivity contribution is 5.73. The van der Waals surface area contributed by atoms with Gasteiger partial charge >= 0.3 is 6.03 Å². The monoisotopic (exact) mass is 258 g/mol. The molecule has 100 valence electrons. The largest absolute Gasteiger partial charge is 0.338 e. The third-order valence-corrected chi connectivity index (χ3v) is 2.89. The van der Waals surface area contributed by atoms with Crippen LogP contribution >= 0.6 is 0 Å². The summed E-state index contributed by atoms with van der Waals surface area (Å²) in [5, 5.41) is 9.68. The average molecular weight is 258 g/mol. The zero-order valence-corrected chi connectivity index (χ0v) is 11.0. The number of carbonyl (C=O) groups excluding carboxylic acids is 1. The SMILES string of the molecule is Cn1nccc1CNC(=O)NCCc1ccccc1. The molecule has 5 nitrogen and oxygen atoms in total. The van der Waals surface area contributed by atoms with Gasteiger partial charge in [0.1, 0.15) is 0 Å². The molecule has 0 unspecified atom stereocenters. The molecular formula is C14H18N4O. The second kappa shape index (κ2) is 6.58. The lowest BCUT2D eigenvalue weighted by molar-refractivity contribution is 0.240. The topological polar surface area (TPSA) is 59.0 Å². The Hall–Kier alpha value is -2.30. The molecule has 1 aromatic heterocycles. The third kappa shape index (κ3) is 4.13. The molecule has 2 aromatic rings. The Morgan fingerprint density at radius 1 is 1.21 bits per heavy atom. The number of aryl methyl sites for hydroxylation is 1. The highest BCUT2D eigenvalue weighted by atomic mass is 16.2. The van der Waals surface area contributed by atoms with E-state index in [-0.39, 0.29) is 6.03 Å². The molecule has 2 amide bonds. The van der Waals surface area contributed by atoms with Gasteiger partial charge < -0.3 is 10.6 Å². The van der Waals surface area contributed by atoms with Gasteiger partial charge in [0, 0.05) is 19.8 Å². The van der Waals surface area contributed by atoms with Crippen LogP contribution in [0.15, 0.2) is 42.6 Å². The van der Waals surface area contributed by atoms with Gasteiger partial charge in [0.15, 0.2) is 0 Å². The minimum Gasteiger partial charge on any atom is -0.338 e. The first-order valence-corrected chi connectivity index (χ1v) is 6.28. The number of carbonyl (C=O) groups is 1. The lowest BCUT2D eigenvalue weighted by Crippen LogP contribution is -2.36. The predicted octanol–water partition coefficient (Wildman–Crippen LogP) is 1.46. The number of nitrogens with one attached hydrogen (secondary N) is 2. The van der Waals surface area contributed by atoms with Crippen LogP contribution < -0.4 is 10.6 Å². The maximum Gasteiger partial charge on any atom is 0.315 e. The first-order valence-electron chi connectivity index (χ1n) is 6.28. The van der Waals surface area contributed by atoms with Crippen molar-refractivity contribution < 1.29 is 4.79 Å². The number of urea groups is 1. The Bertz CT molecular complexity index is 521. The van der Waals surface area contributed by atoms with Gasteiger partial charge in [0.25, 0.3) is 0 Å². The summed E-state index contributed by atoms with van der Waals surface area (Å²) in [6.07, 6.45) is 2.55. The zero-order valence-electron chi connectivity index (χ0n) is 11.0. The Balaban J connectivity index is 1.66. The minimum atomic E-state index is -0.155. The predicted molar refractivity (Wildman–Crippen MR) is 73.6 cm³/mol. The van der Waals surface area contributed by atoms with E-state index in [0.29, 0.717) is 13.1 Å². The summed E-state index contributed by atoms with van der Waals surface area (Å²) in [6, 6.07) is 11.8. The minimum absolute atomic E-state index is 0.155. The van der Waals surface area contributed by atoms with E-state index in [9.17, 15) is 4.79 Å². The van der Waals surface area contributed by atoms with Crippen molar-refractivity contribution in [1.82, 2.24) is 20.4 Å². The molecule has 0 saturated heterocycles. The molecule has 0 atom stereocenters. The van der Waals surface area contributed by atoms with Gasteiger partial charge in [0.05, 0.1) is 12.2 Å². The highest BCUT2D eigenvalue weighted by Gasteiger charge is 2.02. The van der Waals surface area contributed by atoms with Crippen LogP contribution in [-0.4, -0.2) is 22.4 Å². The quantitative estimate of drug-likeness (QED) is 0.853. The van der Waals surface area contributed by atoms with E-state index >= 15 is 0 Å². The van der Waals surface area contributed by atoms with Crippen molar-refractivity contribution in [2.75, 3.05) is 6.54 Å². The molecule has 0 saturated carbocycles. The van der Waals surface area contributed by atoms with Crippen LogP contribution in [0.25, 0.3) is 0 Å². The maximum absolute atomic E-state index is 11.6. The summed E-state index contributed by atoms with van der Waals surface area (Å²) in [5.74, 6) is 0. The Morgan fingerprint density at radius 3 is 2.68 bits per heavy atom. The lowest BCUT2D eigenvalue weighted by Gasteiger charge is -2.07. The molecule has 2 N–H and O–H groups in total. The highest BCUT2D eigenvalue weighted by Crippen LogP contribution is 1.98. The molecule has 0 aliphatic rings. The molecule has 0 spiro atoms. The molecule has 1 heterocycles. The van der Waals surface area contributed by atoms with Gasteiger partial charge in [-0.2, -0.15) is 5.10 Å². The van der Waals surface area contributed by atoms with Gasteiger partial charge in [-0.25, -0.2) is 4.79 Å². The van der Waals surface area contributed by atoms with Crippen LogP contribution in [0, 0.1) is 0 Å². The van der Waals surface area contributed by atoms with Crippen molar-refractivity contribution in [1.29, 1.82) is 0 Å². The van der Waals surface area contributed by atoms with Crippen molar-refractivity contribution in [3.8, 4) is 0 Å². The molecule has 0 aliphatic carbocycles. The number of rotatable bonds is 5. The summed E-state index contributed by atoms with van der Waals surface area (Å²) in [7, 11) is 1.85. The average Bonchev–Trinajstić information content (AvgIpc) is 2.83. The number of nitrogens with zero attached hydrogens (tertiary/aromatic N) is 2. The second-order valence-electron chi connectivity index (χ2n) is 4.29. The number of benzene rings is 1. The number of hydrogen-bond donors (Lipinski definition) is 2. The van der Waals surface area contributed by atoms with Crippen LogP contribution in [0.5, 0.6) is 0 Å². The van der Waals surface area contributed by atoms with E-state index in [1.807, 2.05) is 31.3 Å². The first kappa shape index (κ1) is 13.1. The van der Waals surface area contributed by atoms with E-state index in [1.165, 1.54) is 5.56 Å². The lowest BCUT2D eigenvalue weighted by atomic mass is 10.1. The van der Waals surface area contributed by atoms with Crippen molar-refractivity contribution in [2.45, 2.75) is 13.0 Å². The van der Waals surface area contributed by atoms with E-state index in [1.54, 1.807) is 10.9 Å². The van der Waals surface area contributed by atoms with Gasteiger partial charge in [-0.3, -0.25) is 4.68 Å². The molecule has 2 rings (SSSR count). The Kier molecular flexibility index (Phi) is 4.55. The smallest absolute Gasteiger partial charge is 0.315 e. The first-order chi connectivity index (χ1) is 9.25. The normalized spacial score (nSPS) is 10.2. The molecule has 0 bridgehead atoms. The van der Waals surface area contributed by atoms with Gasteiger partial charge in [0.2, 0.25) is 0 Å². The van der Waals surface area contributed by atoms with E-state index < -0.39 is 0 Å². The molecule has 19 heavy (non-hydrogen) atoms. The van der Waals surface area contributed by atoms with E-state index in [4.69, 9.17) is 0 Å². The number of hydrogen-bond acceptors (Lipinski definition) is 2. The fourth-order valence-electron chi connectivity index (χ4n) is 1.77. The van der Waals surface area contributed by atoms with Gasteiger partial charge in [-0.05, 0) is 18.1 Å². The van der Waals surface area contributed by atoms with Crippen molar-refractivity contribution in [3.63, 3.8) is 0 Å². The Morgan fingerprint density at radius 2 is 2.00 bits per heavy atom. The van der Waals surface area contributed by atoms with Crippen molar-refractivity contribution in [2.24, 2.45) is 7.05 Å². The summed E-state index contributed by atoms with van der Waals surface area (Å²) in [5.41, 5.74) is 2.19. The van der Waals surface area contributed by atoms with Crippen LogP contribution in [-0.2, 0) is 20.0 Å². The van der Waals surface area contributed by atoms with Crippen molar-refractivity contribution >= 4 is 6.03 Å². The summed E-state index contributed by atoms with van der Waals surface area (Å²) < 4.78 is 1.74. The van der Waals surface area contributed by atoms with Crippen LogP contribution in [0.4, 0.5) is 4.79 Å². The van der Waals surface area contributed by atoms with Gasteiger partial charge in [-0.15, -0.1) is 0 Å². The second-order valence-corrected chi connectivity index (χ2v) is 4.29. The molecule has 0 aliphatic heterocycles. The maximum atomic E-state index is 11.6. The zero-order chi connectivity index (χ0) is 13.5. The molecule has 5 heteroatoms. The molecule has 1 aromatic carbocycles. The van der Waals surface area contributed by atoms with Gasteiger partial charge in [-0.1, -0.05) is 30.3 Å². The van der Waals surface area contributed by atoms with Crippen LogP contribution in [0.2, 0.25) is 0 Å². The van der Waals surface area contributed by atoms with Crippen LogP contribution in [0.1, 0.15) is 11.3 Å². The van der Waals surface area contributed by atoms with E-state index in [2.05, 4.69) is 27.9 Å². The summed E-state index contributed by atoms with van der Waals surface area (Å²) in [6.45, 7) is 1.11. The summed E-state index contributed by atoms with van der Waals surface area (Å²) in [4.78, 5) is 11.6. The standard InChI is InChI=1S/C14H18N4O/c1-18-13(8-10-17-18)11-16-14(19)15-9-7-12-5-3-2-4-6-12/h2-6,8,10H,7,9,11H2,1H3,(H2,15,16,19). The number of aromatic nitrogens is 2. The third-order valence-electron chi connectivity index (χ3n) is 2.89. The van der Waals surface area contributed by atoms with E-state index in [0.717, 1.165) is 12.1 Å². The fourth-order valence-corrected chi connectivity index (χ4v) is 1.77. The fraction of sp³-hybridized carbons (Fsp3) is 0.286. The molecular weight excluding hydrogens is 240 g/mol. The Labute approximate surface area is 112 Å². The molecule has 0 fully saturated rings. The summed E-state index contributed by atoms with van der Waals surface area (Å²) >= 11 is 0. The van der Waals surface area contributed by atoms with Crippen molar-refractivity contribution in [3.05, 3.63) is 53.9 Å². The number of amides is 2. The molecule has 0 radical (unpaired) electrons. The van der Waals surface area contributed by atoms with Crippen LogP contribution in [0.3, 0.4) is 0 Å².